The van der Waals surface area contributed by atoms with Gasteiger partial charge in [-0.3, -0.25) is 0 Å². The summed E-state index contributed by atoms with van der Waals surface area (Å²) >= 11 is 0. The molecule has 22 heavy (non-hydrogen) atoms. The minimum atomic E-state index is -1.39. The van der Waals surface area contributed by atoms with E-state index < -0.39 is 49.0 Å². The molecule has 0 aromatic heterocycles. The summed E-state index contributed by atoms with van der Waals surface area (Å²) in [7, 11) is 0. The van der Waals surface area contributed by atoms with Crippen molar-refractivity contribution in [1.29, 1.82) is 0 Å². The van der Waals surface area contributed by atoms with Crippen LogP contribution in [0.25, 0.3) is 0 Å². The fourth-order valence-electron chi connectivity index (χ4n) is 2.95. The molecule has 10 nitrogen and oxygen atoms in total. The number of carbonyl (C=O) groups excluding carboxylic acids is 1. The molecule has 128 valence electrons. The predicted octanol–water partition coefficient (Wildman–Crippen LogP) is -7.03. The van der Waals surface area contributed by atoms with Crippen molar-refractivity contribution < 1.29 is 51.9 Å². The summed E-state index contributed by atoms with van der Waals surface area (Å²) in [6.45, 7) is 0. The van der Waals surface area contributed by atoms with Gasteiger partial charge in [-0.15, -0.1) is 0 Å². The maximum absolute atomic E-state index is 10.9. The highest BCUT2D eigenvalue weighted by Crippen LogP contribution is 2.25. The normalized spacial score (nSPS) is 53.2. The Morgan fingerprint density at radius 2 is 1.59 bits per heavy atom. The fraction of sp³-hybridized carbons (Fsp3) is 0.917. The van der Waals surface area contributed by atoms with Crippen LogP contribution in [0.15, 0.2) is 0 Å². The first-order valence-electron chi connectivity index (χ1n) is 7.25. The van der Waals surface area contributed by atoms with Gasteiger partial charge < -0.3 is 51.9 Å². The van der Waals surface area contributed by atoms with E-state index in [0.717, 1.165) is 0 Å². The first-order valence-corrected chi connectivity index (χ1v) is 7.25. The smallest absolute Gasteiger partial charge is 0.214 e. The molecule has 0 amide bonds. The molecule has 0 bridgehead atoms. The van der Waals surface area contributed by atoms with E-state index in [1.54, 1.807) is 0 Å². The van der Waals surface area contributed by atoms with Crippen LogP contribution >= 0.6 is 0 Å². The molecule has 0 spiro atoms. The van der Waals surface area contributed by atoms with Crippen LogP contribution in [-0.2, 0) is 14.3 Å². The highest BCUT2D eigenvalue weighted by Gasteiger charge is 2.51. The van der Waals surface area contributed by atoms with Crippen LogP contribution in [0.5, 0.6) is 0 Å². The topological polar surface area (TPSA) is 199 Å². The molecule has 2 aliphatic rings. The summed E-state index contributed by atoms with van der Waals surface area (Å²) < 4.78 is 10.9. The molecule has 0 radical (unpaired) electrons. The van der Waals surface area contributed by atoms with Crippen LogP contribution in [0, 0.1) is 0 Å². The van der Waals surface area contributed by atoms with E-state index in [9.17, 15) is 25.2 Å². The molecule has 10 atom stereocenters. The SMILES string of the molecule is [NH3+][C@H]1[C@@H](O[C@H]2[C@H](O)[C@@H](O)[C@H]([NH3+])C[C@@H]2[NH3+])O[C@H](C=O)[C@@H](O)[C@@H]1O. The Labute approximate surface area is 126 Å². The molecule has 1 heterocycles. The highest BCUT2D eigenvalue weighted by molar-refractivity contribution is 5.57. The van der Waals surface area contributed by atoms with Crippen LogP contribution in [0.2, 0.25) is 0 Å². The average molecular weight is 324 g/mol. The van der Waals surface area contributed by atoms with Gasteiger partial charge in [-0.25, -0.2) is 0 Å². The molecule has 0 aromatic carbocycles. The summed E-state index contributed by atoms with van der Waals surface area (Å²) in [5.74, 6) is 0. The third-order valence-corrected chi connectivity index (χ3v) is 4.43. The van der Waals surface area contributed by atoms with E-state index in [-0.39, 0.29) is 12.1 Å². The number of ether oxygens (including phenoxy) is 2. The number of quaternary nitrogens is 3. The van der Waals surface area contributed by atoms with E-state index in [4.69, 9.17) is 9.47 Å². The number of hydrogen-bond acceptors (Lipinski definition) is 7. The van der Waals surface area contributed by atoms with Gasteiger partial charge in [0.15, 0.2) is 12.3 Å². The minimum Gasteiger partial charge on any atom is -0.387 e. The molecule has 0 unspecified atom stereocenters. The van der Waals surface area contributed by atoms with Crippen molar-refractivity contribution in [2.75, 3.05) is 0 Å². The quantitative estimate of drug-likeness (QED) is 0.250. The fourth-order valence-corrected chi connectivity index (χ4v) is 2.95. The lowest BCUT2D eigenvalue weighted by molar-refractivity contribution is -0.529. The second-order valence-electron chi connectivity index (χ2n) is 6.09. The minimum absolute atomic E-state index is 0.352. The predicted molar refractivity (Wildman–Crippen MR) is 68.3 cm³/mol. The van der Waals surface area contributed by atoms with Gasteiger partial charge in [0.2, 0.25) is 6.29 Å². The Balaban J connectivity index is 2.09. The lowest BCUT2D eigenvalue weighted by Crippen LogP contribution is -2.83. The van der Waals surface area contributed by atoms with Crippen LogP contribution in [-0.4, -0.2) is 87.8 Å². The van der Waals surface area contributed by atoms with Crippen LogP contribution in [0.4, 0.5) is 0 Å². The molecule has 13 N–H and O–H groups in total. The van der Waals surface area contributed by atoms with Crippen molar-refractivity contribution >= 4 is 6.29 Å². The number of rotatable bonds is 3. The summed E-state index contributed by atoms with van der Waals surface area (Å²) in [6.07, 6.45) is -7.35. The maximum Gasteiger partial charge on any atom is 0.214 e. The van der Waals surface area contributed by atoms with E-state index in [0.29, 0.717) is 12.7 Å². The Morgan fingerprint density at radius 3 is 2.18 bits per heavy atom. The van der Waals surface area contributed by atoms with Crippen LogP contribution in [0.1, 0.15) is 6.42 Å². The van der Waals surface area contributed by atoms with Gasteiger partial charge in [-0.1, -0.05) is 0 Å². The van der Waals surface area contributed by atoms with Crippen molar-refractivity contribution in [3.63, 3.8) is 0 Å². The van der Waals surface area contributed by atoms with Crippen molar-refractivity contribution in [2.24, 2.45) is 0 Å². The van der Waals surface area contributed by atoms with Crippen LogP contribution in [0.3, 0.4) is 0 Å². The molecule has 1 saturated carbocycles. The standard InChI is InChI=1S/C12H23N3O7/c13-3-1-4(14)11(10(20)7(3)17)22-12-6(15)9(19)8(18)5(2-16)21-12/h2-12,17-20H,1,13-15H2/p+3/t3-,4+,5-,6-,7+,8-,9-,10-,11-,12-/m1/s1. The zero-order valence-corrected chi connectivity index (χ0v) is 12.2. The summed E-state index contributed by atoms with van der Waals surface area (Å²) in [4.78, 5) is 10.9. The van der Waals surface area contributed by atoms with Gasteiger partial charge in [0.05, 0.1) is 6.42 Å². The Kier molecular flexibility index (Phi) is 5.48. The molecule has 0 aromatic rings. The summed E-state index contributed by atoms with van der Waals surface area (Å²) in [6, 6.07) is -1.58. The lowest BCUT2D eigenvalue weighted by Gasteiger charge is -2.41. The Hall–Kier alpha value is -0.690. The maximum atomic E-state index is 10.9. The second-order valence-corrected chi connectivity index (χ2v) is 6.09. The summed E-state index contributed by atoms with van der Waals surface area (Å²) in [5, 5.41) is 39.6. The molecule has 1 aliphatic carbocycles. The second kappa shape index (κ2) is 6.83. The first kappa shape index (κ1) is 17.7. The van der Waals surface area contributed by atoms with E-state index >= 15 is 0 Å². The third-order valence-electron chi connectivity index (χ3n) is 4.43. The van der Waals surface area contributed by atoms with Crippen molar-refractivity contribution in [1.82, 2.24) is 0 Å². The number of aliphatic hydroxyl groups excluding tert-OH is 4. The highest BCUT2D eigenvalue weighted by atomic mass is 16.7. The van der Waals surface area contributed by atoms with Crippen LogP contribution < -0.4 is 17.2 Å². The molecular formula is C12H26N3O7+3. The zero-order chi connectivity index (χ0) is 16.6. The van der Waals surface area contributed by atoms with Crippen molar-refractivity contribution in [2.45, 2.75) is 67.5 Å². The van der Waals surface area contributed by atoms with Gasteiger partial charge in [0.1, 0.15) is 48.7 Å². The van der Waals surface area contributed by atoms with Crippen molar-refractivity contribution in [3.05, 3.63) is 0 Å². The molecule has 2 fully saturated rings. The number of aliphatic hydroxyl groups is 4. The molecular weight excluding hydrogens is 298 g/mol. The Bertz CT molecular complexity index is 401. The number of aldehydes is 1. The summed E-state index contributed by atoms with van der Waals surface area (Å²) in [5.41, 5.74) is 11.3. The molecule has 1 aliphatic heterocycles. The first-order chi connectivity index (χ1) is 10.3. The average Bonchev–Trinajstić information content (AvgIpc) is 2.49. The van der Waals surface area contributed by atoms with Gasteiger partial charge in [-0.2, -0.15) is 0 Å². The monoisotopic (exact) mass is 324 g/mol. The zero-order valence-electron chi connectivity index (χ0n) is 12.2. The van der Waals surface area contributed by atoms with Gasteiger partial charge in [0.25, 0.3) is 0 Å². The van der Waals surface area contributed by atoms with Gasteiger partial charge in [0, 0.05) is 0 Å². The van der Waals surface area contributed by atoms with Crippen molar-refractivity contribution in [3.8, 4) is 0 Å². The van der Waals surface area contributed by atoms with Gasteiger partial charge in [-0.05, 0) is 0 Å². The molecule has 10 heteroatoms. The van der Waals surface area contributed by atoms with E-state index in [1.165, 1.54) is 0 Å². The largest absolute Gasteiger partial charge is 0.387 e. The van der Waals surface area contributed by atoms with E-state index in [1.807, 2.05) is 0 Å². The van der Waals surface area contributed by atoms with E-state index in [2.05, 4.69) is 17.2 Å². The molecule has 1 saturated heterocycles. The number of hydrogen-bond donors (Lipinski definition) is 7. The molecule has 2 rings (SSSR count). The van der Waals surface area contributed by atoms with Gasteiger partial charge >= 0.3 is 0 Å². The third kappa shape index (κ3) is 3.15. The lowest BCUT2D eigenvalue weighted by atomic mass is 9.84. The number of carbonyl (C=O) groups is 1. The Morgan fingerprint density at radius 1 is 0.955 bits per heavy atom.